The summed E-state index contributed by atoms with van der Waals surface area (Å²) in [4.78, 5) is 13.3. The Bertz CT molecular complexity index is 959. The van der Waals surface area contributed by atoms with Crippen molar-refractivity contribution in [3.8, 4) is 0 Å². The van der Waals surface area contributed by atoms with E-state index in [4.69, 9.17) is 23.2 Å². The molecule has 1 N–H and O–H groups in total. The molecule has 28 heavy (non-hydrogen) atoms. The number of halogens is 5. The van der Waals surface area contributed by atoms with Crippen molar-refractivity contribution in [2.75, 3.05) is 7.05 Å². The van der Waals surface area contributed by atoms with Gasteiger partial charge in [0, 0.05) is 18.5 Å². The third-order valence-corrected chi connectivity index (χ3v) is 5.61. The lowest BCUT2D eigenvalue weighted by molar-refractivity contribution is -0.137. The van der Waals surface area contributed by atoms with Crippen LogP contribution in [0.3, 0.4) is 0 Å². The van der Waals surface area contributed by atoms with E-state index in [2.05, 4.69) is 6.58 Å². The third-order valence-electron chi connectivity index (χ3n) is 4.87. The molecule has 0 aromatic heterocycles. The summed E-state index contributed by atoms with van der Waals surface area (Å²) in [7, 11) is 1.26. The Morgan fingerprint density at radius 1 is 1.25 bits per heavy atom. The molecule has 2 atom stereocenters. The summed E-state index contributed by atoms with van der Waals surface area (Å²) in [5, 5.41) is 11.2. The maximum atomic E-state index is 13.5. The quantitative estimate of drug-likeness (QED) is 0.624. The molecule has 2 unspecified atom stereocenters. The van der Waals surface area contributed by atoms with E-state index in [1.165, 1.54) is 13.1 Å². The van der Waals surface area contributed by atoms with Gasteiger partial charge >= 0.3 is 6.18 Å². The van der Waals surface area contributed by atoms with Gasteiger partial charge in [-0.1, -0.05) is 41.4 Å². The normalized spacial score (nSPS) is 17.6. The molecule has 1 aliphatic rings. The van der Waals surface area contributed by atoms with E-state index < -0.39 is 35.4 Å². The molecule has 2 aromatic carbocycles. The van der Waals surface area contributed by atoms with Crippen molar-refractivity contribution in [1.29, 1.82) is 0 Å². The second-order valence-corrected chi connectivity index (χ2v) is 7.34. The fourth-order valence-electron chi connectivity index (χ4n) is 3.50. The van der Waals surface area contributed by atoms with Crippen molar-refractivity contribution in [1.82, 2.24) is 4.90 Å². The summed E-state index contributed by atoms with van der Waals surface area (Å²) < 4.78 is 40.4. The molecule has 0 spiro atoms. The van der Waals surface area contributed by atoms with Crippen LogP contribution in [-0.4, -0.2) is 23.0 Å². The van der Waals surface area contributed by atoms with Gasteiger partial charge in [-0.2, -0.15) is 13.2 Å². The average Bonchev–Trinajstić information content (AvgIpc) is 2.86. The number of benzene rings is 2. The maximum absolute atomic E-state index is 13.5. The van der Waals surface area contributed by atoms with Gasteiger partial charge in [0.2, 0.25) is 0 Å². The third kappa shape index (κ3) is 3.41. The summed E-state index contributed by atoms with van der Waals surface area (Å²) in [6.07, 6.45) is -4.22. The highest BCUT2D eigenvalue weighted by molar-refractivity contribution is 6.42. The molecule has 3 nitrogen and oxygen atoms in total. The Kier molecular flexibility index (Phi) is 5.49. The number of amides is 1. The van der Waals surface area contributed by atoms with Crippen LogP contribution in [0.2, 0.25) is 10.0 Å². The van der Waals surface area contributed by atoms with Gasteiger partial charge in [0.05, 0.1) is 21.2 Å². The minimum atomic E-state index is -4.72. The van der Waals surface area contributed by atoms with Gasteiger partial charge in [0.25, 0.3) is 5.91 Å². The van der Waals surface area contributed by atoms with Crippen molar-refractivity contribution in [2.24, 2.45) is 0 Å². The molecular formula is C20H16Cl2F3NO2. The van der Waals surface area contributed by atoms with Gasteiger partial charge < -0.3 is 10.0 Å². The number of nitrogens with zero attached hydrogens (tertiary/aromatic N) is 1. The zero-order valence-electron chi connectivity index (χ0n) is 14.7. The SMILES string of the molecule is C=CCC(c1ccc(Cl)c(Cl)c1)c1ccc(C(F)(F)F)c2c1C(O)N(C)C2=O. The summed E-state index contributed by atoms with van der Waals surface area (Å²) in [5.41, 5.74) is -0.530. The summed E-state index contributed by atoms with van der Waals surface area (Å²) in [6, 6.07) is 7.10. The average molecular weight is 430 g/mol. The van der Waals surface area contributed by atoms with Crippen LogP contribution >= 0.6 is 23.2 Å². The predicted octanol–water partition coefficient (Wildman–Crippen LogP) is 5.80. The van der Waals surface area contributed by atoms with Crippen LogP contribution in [0.4, 0.5) is 13.2 Å². The van der Waals surface area contributed by atoms with Gasteiger partial charge in [-0.15, -0.1) is 6.58 Å². The fraction of sp³-hybridized carbons (Fsp3) is 0.250. The highest BCUT2D eigenvalue weighted by Gasteiger charge is 2.45. The molecule has 1 aliphatic heterocycles. The topological polar surface area (TPSA) is 40.5 Å². The number of carbonyl (C=O) groups is 1. The maximum Gasteiger partial charge on any atom is 0.417 e. The first-order valence-corrected chi connectivity index (χ1v) is 9.08. The molecule has 0 aliphatic carbocycles. The van der Waals surface area contributed by atoms with Gasteiger partial charge in [-0.05, 0) is 35.7 Å². The second-order valence-electron chi connectivity index (χ2n) is 6.53. The molecule has 0 bridgehead atoms. The van der Waals surface area contributed by atoms with Gasteiger partial charge in [0.1, 0.15) is 0 Å². The monoisotopic (exact) mass is 429 g/mol. The number of aliphatic hydroxyl groups is 1. The number of hydrogen-bond donors (Lipinski definition) is 1. The molecule has 0 fully saturated rings. The van der Waals surface area contributed by atoms with Crippen molar-refractivity contribution < 1.29 is 23.1 Å². The van der Waals surface area contributed by atoms with E-state index in [1.54, 1.807) is 24.3 Å². The fourth-order valence-corrected chi connectivity index (χ4v) is 3.81. The number of rotatable bonds is 4. The first-order chi connectivity index (χ1) is 13.1. The van der Waals surface area contributed by atoms with Crippen LogP contribution < -0.4 is 0 Å². The van der Waals surface area contributed by atoms with Crippen LogP contribution in [0.1, 0.15) is 51.2 Å². The number of hydrogen-bond acceptors (Lipinski definition) is 2. The van der Waals surface area contributed by atoms with E-state index in [0.29, 0.717) is 27.6 Å². The molecule has 1 heterocycles. The zero-order chi connectivity index (χ0) is 20.8. The molecule has 148 valence electrons. The van der Waals surface area contributed by atoms with Crippen molar-refractivity contribution in [2.45, 2.75) is 24.7 Å². The molecule has 0 saturated carbocycles. The van der Waals surface area contributed by atoms with E-state index in [-0.39, 0.29) is 5.56 Å². The Morgan fingerprint density at radius 2 is 1.93 bits per heavy atom. The predicted molar refractivity (Wildman–Crippen MR) is 102 cm³/mol. The summed E-state index contributed by atoms with van der Waals surface area (Å²) in [5.74, 6) is -1.33. The van der Waals surface area contributed by atoms with E-state index in [1.807, 2.05) is 0 Å². The molecule has 0 saturated heterocycles. The Balaban J connectivity index is 2.27. The molecular weight excluding hydrogens is 414 g/mol. The number of alkyl halides is 3. The van der Waals surface area contributed by atoms with Crippen LogP contribution in [0.5, 0.6) is 0 Å². The zero-order valence-corrected chi connectivity index (χ0v) is 16.2. The molecule has 3 rings (SSSR count). The Labute approximate surface area is 170 Å². The van der Waals surface area contributed by atoms with Gasteiger partial charge in [0.15, 0.2) is 6.23 Å². The summed E-state index contributed by atoms with van der Waals surface area (Å²) in [6.45, 7) is 3.71. The number of allylic oxidation sites excluding steroid dienone is 1. The van der Waals surface area contributed by atoms with E-state index in [9.17, 15) is 23.1 Å². The van der Waals surface area contributed by atoms with Crippen LogP contribution in [-0.2, 0) is 6.18 Å². The van der Waals surface area contributed by atoms with Crippen molar-refractivity contribution >= 4 is 29.1 Å². The highest BCUT2D eigenvalue weighted by atomic mass is 35.5. The minimum Gasteiger partial charge on any atom is -0.369 e. The lowest BCUT2D eigenvalue weighted by atomic mass is 9.83. The van der Waals surface area contributed by atoms with Crippen LogP contribution in [0, 0.1) is 0 Å². The number of carbonyl (C=O) groups excluding carboxylic acids is 1. The number of fused-ring (bicyclic) bond motifs is 1. The smallest absolute Gasteiger partial charge is 0.369 e. The second kappa shape index (κ2) is 7.43. The van der Waals surface area contributed by atoms with Crippen molar-refractivity contribution in [3.05, 3.63) is 80.8 Å². The Morgan fingerprint density at radius 3 is 2.50 bits per heavy atom. The van der Waals surface area contributed by atoms with Gasteiger partial charge in [-0.25, -0.2) is 0 Å². The molecule has 2 aromatic rings. The van der Waals surface area contributed by atoms with E-state index in [0.717, 1.165) is 11.0 Å². The largest absolute Gasteiger partial charge is 0.417 e. The van der Waals surface area contributed by atoms with Crippen molar-refractivity contribution in [3.63, 3.8) is 0 Å². The standard InChI is InChI=1S/C20H16Cl2F3NO2/c1-3-4-11(10-5-8-14(21)15(22)9-10)12-6-7-13(20(23,24)25)17-16(12)18(27)26(2)19(17)28/h3,5-9,11,18,27H,1,4H2,2H3. The molecule has 1 amide bonds. The minimum absolute atomic E-state index is 0.0414. The number of aliphatic hydroxyl groups excluding tert-OH is 1. The van der Waals surface area contributed by atoms with Crippen LogP contribution in [0.15, 0.2) is 43.0 Å². The van der Waals surface area contributed by atoms with E-state index >= 15 is 0 Å². The highest BCUT2D eigenvalue weighted by Crippen LogP contribution is 2.45. The van der Waals surface area contributed by atoms with Crippen LogP contribution in [0.25, 0.3) is 0 Å². The summed E-state index contributed by atoms with van der Waals surface area (Å²) >= 11 is 12.1. The Hall–Kier alpha value is -2.02. The lowest BCUT2D eigenvalue weighted by Crippen LogP contribution is -2.23. The van der Waals surface area contributed by atoms with Gasteiger partial charge in [-0.3, -0.25) is 4.79 Å². The molecule has 8 heteroatoms. The first-order valence-electron chi connectivity index (χ1n) is 8.33. The lowest BCUT2D eigenvalue weighted by Gasteiger charge is -2.23. The molecule has 0 radical (unpaired) electrons. The first kappa shape index (κ1) is 20.7.